The van der Waals surface area contributed by atoms with Crippen LogP contribution in [-0.4, -0.2) is 28.6 Å². The SMILES string of the molecule is CCCCCOCc1cccc(-c2csc(NC(=O)c3cc(F)c(C=C(C)C(=O)O)c(F)c3)n2)c1F. The molecule has 1 heterocycles. The van der Waals surface area contributed by atoms with Crippen LogP contribution in [0.25, 0.3) is 17.3 Å². The Morgan fingerprint density at radius 2 is 1.89 bits per heavy atom. The maximum atomic E-state index is 15.0. The van der Waals surface area contributed by atoms with Gasteiger partial charge in [0.25, 0.3) is 5.91 Å². The summed E-state index contributed by atoms with van der Waals surface area (Å²) >= 11 is 1.03. The van der Waals surface area contributed by atoms with Crippen molar-refractivity contribution < 1.29 is 32.6 Å². The van der Waals surface area contributed by atoms with E-state index in [9.17, 15) is 18.4 Å². The lowest BCUT2D eigenvalue weighted by molar-refractivity contribution is -0.132. The topological polar surface area (TPSA) is 88.5 Å². The van der Waals surface area contributed by atoms with Crippen molar-refractivity contribution in [2.45, 2.75) is 39.7 Å². The van der Waals surface area contributed by atoms with Gasteiger partial charge in [-0.15, -0.1) is 11.3 Å². The number of carboxylic acids is 1. The number of nitrogens with one attached hydrogen (secondary N) is 1. The molecule has 0 unspecified atom stereocenters. The summed E-state index contributed by atoms with van der Waals surface area (Å²) in [5.41, 5.74) is -0.223. The molecule has 3 aromatic rings. The van der Waals surface area contributed by atoms with Gasteiger partial charge in [0.05, 0.1) is 12.3 Å². The fraction of sp³-hybridized carbons (Fsp3) is 0.269. The van der Waals surface area contributed by atoms with E-state index in [1.807, 2.05) is 0 Å². The molecule has 2 N–H and O–H groups in total. The highest BCUT2D eigenvalue weighted by Gasteiger charge is 2.18. The van der Waals surface area contributed by atoms with Gasteiger partial charge in [0, 0.05) is 39.8 Å². The van der Waals surface area contributed by atoms with Gasteiger partial charge in [-0.1, -0.05) is 31.9 Å². The normalized spacial score (nSPS) is 11.5. The van der Waals surface area contributed by atoms with Gasteiger partial charge in [0.2, 0.25) is 0 Å². The Labute approximate surface area is 210 Å². The first-order valence-corrected chi connectivity index (χ1v) is 12.1. The molecular formula is C26H25F3N2O4S. The fourth-order valence-corrected chi connectivity index (χ4v) is 3.99. The minimum Gasteiger partial charge on any atom is -0.478 e. The van der Waals surface area contributed by atoms with Crippen molar-refractivity contribution in [2.24, 2.45) is 0 Å². The molecule has 0 radical (unpaired) electrons. The number of carbonyl (C=O) groups excluding carboxylic acids is 1. The standard InChI is InChI=1S/C26H25F3N2O4S/c1-3-4-5-9-35-13-16-7-6-8-18(23(16)29)22-14-36-26(30-22)31-24(32)17-11-20(27)19(21(28)12-17)10-15(2)25(33)34/h6-8,10-12,14H,3-5,9,13H2,1-2H3,(H,33,34)(H,30,31,32). The number of aromatic nitrogens is 1. The third-order valence-electron chi connectivity index (χ3n) is 5.27. The number of rotatable bonds is 11. The molecule has 0 saturated heterocycles. The summed E-state index contributed by atoms with van der Waals surface area (Å²) in [6.07, 6.45) is 3.86. The van der Waals surface area contributed by atoms with E-state index in [4.69, 9.17) is 9.84 Å². The van der Waals surface area contributed by atoms with Crippen LogP contribution in [0.15, 0.2) is 41.3 Å². The molecule has 1 aromatic heterocycles. The number of aliphatic carboxylic acids is 1. The fourth-order valence-electron chi connectivity index (χ4n) is 3.28. The summed E-state index contributed by atoms with van der Waals surface area (Å²) in [6.45, 7) is 3.96. The highest BCUT2D eigenvalue weighted by atomic mass is 32.1. The van der Waals surface area contributed by atoms with Crippen molar-refractivity contribution in [2.75, 3.05) is 11.9 Å². The smallest absolute Gasteiger partial charge is 0.331 e. The summed E-state index contributed by atoms with van der Waals surface area (Å²) in [5, 5.41) is 13.0. The van der Waals surface area contributed by atoms with Crippen molar-refractivity contribution in [3.05, 3.63) is 75.4 Å². The first-order valence-electron chi connectivity index (χ1n) is 11.2. The van der Waals surface area contributed by atoms with E-state index in [0.717, 1.165) is 48.8 Å². The Bertz CT molecular complexity index is 1270. The zero-order valence-electron chi connectivity index (χ0n) is 19.7. The zero-order chi connectivity index (χ0) is 26.2. The van der Waals surface area contributed by atoms with Gasteiger partial charge >= 0.3 is 5.97 Å². The van der Waals surface area contributed by atoms with Crippen LogP contribution in [0.3, 0.4) is 0 Å². The lowest BCUT2D eigenvalue weighted by Gasteiger charge is -2.08. The van der Waals surface area contributed by atoms with Crippen LogP contribution in [0.4, 0.5) is 18.3 Å². The Morgan fingerprint density at radius 3 is 2.56 bits per heavy atom. The average Bonchev–Trinajstić information content (AvgIpc) is 3.29. The van der Waals surface area contributed by atoms with Gasteiger partial charge in [-0.3, -0.25) is 10.1 Å². The molecular weight excluding hydrogens is 493 g/mol. The maximum absolute atomic E-state index is 15.0. The lowest BCUT2D eigenvalue weighted by atomic mass is 10.1. The minimum absolute atomic E-state index is 0.113. The number of nitrogens with zero attached hydrogens (tertiary/aromatic N) is 1. The number of amides is 1. The molecule has 10 heteroatoms. The van der Waals surface area contributed by atoms with Gasteiger partial charge in [0.15, 0.2) is 5.13 Å². The molecule has 0 saturated carbocycles. The molecule has 0 aliphatic heterocycles. The number of anilines is 1. The second-order valence-electron chi connectivity index (χ2n) is 8.02. The van der Waals surface area contributed by atoms with Crippen molar-refractivity contribution in [1.29, 1.82) is 0 Å². The van der Waals surface area contributed by atoms with E-state index in [-0.39, 0.29) is 28.4 Å². The highest BCUT2D eigenvalue weighted by molar-refractivity contribution is 7.14. The molecule has 1 amide bonds. The van der Waals surface area contributed by atoms with Crippen molar-refractivity contribution >= 4 is 34.4 Å². The first-order chi connectivity index (χ1) is 17.2. The van der Waals surface area contributed by atoms with Gasteiger partial charge < -0.3 is 9.84 Å². The quantitative estimate of drug-likeness (QED) is 0.219. The van der Waals surface area contributed by atoms with Crippen LogP contribution >= 0.6 is 11.3 Å². The molecule has 3 rings (SSSR count). The predicted molar refractivity (Wildman–Crippen MR) is 132 cm³/mol. The minimum atomic E-state index is -1.32. The van der Waals surface area contributed by atoms with Gasteiger partial charge in [0.1, 0.15) is 17.5 Å². The number of hydrogen-bond acceptors (Lipinski definition) is 5. The summed E-state index contributed by atoms with van der Waals surface area (Å²) in [6, 6.07) is 6.49. The molecule has 0 fully saturated rings. The van der Waals surface area contributed by atoms with E-state index < -0.39 is 34.9 Å². The molecule has 6 nitrogen and oxygen atoms in total. The third-order valence-corrected chi connectivity index (χ3v) is 6.03. The van der Waals surface area contributed by atoms with Crippen LogP contribution in [0.1, 0.15) is 54.6 Å². The number of benzene rings is 2. The first kappa shape index (κ1) is 27.1. The van der Waals surface area contributed by atoms with Gasteiger partial charge in [-0.25, -0.2) is 22.9 Å². The monoisotopic (exact) mass is 518 g/mol. The molecule has 0 aliphatic rings. The van der Waals surface area contributed by atoms with E-state index in [2.05, 4.69) is 17.2 Å². The second kappa shape index (κ2) is 12.5. The molecule has 0 bridgehead atoms. The summed E-state index contributed by atoms with van der Waals surface area (Å²) in [7, 11) is 0. The number of unbranched alkanes of at least 4 members (excludes halogenated alkanes) is 2. The number of ether oxygens (including phenoxy) is 1. The zero-order valence-corrected chi connectivity index (χ0v) is 20.6. The Morgan fingerprint density at radius 1 is 1.17 bits per heavy atom. The lowest BCUT2D eigenvalue weighted by Crippen LogP contribution is -2.13. The molecule has 2 aromatic carbocycles. The largest absolute Gasteiger partial charge is 0.478 e. The molecule has 0 aliphatic carbocycles. The molecule has 0 spiro atoms. The van der Waals surface area contributed by atoms with Gasteiger partial charge in [-0.2, -0.15) is 0 Å². The van der Waals surface area contributed by atoms with Crippen molar-refractivity contribution in [3.8, 4) is 11.3 Å². The highest BCUT2D eigenvalue weighted by Crippen LogP contribution is 2.29. The predicted octanol–water partition coefficient (Wildman–Crippen LogP) is 6.67. The van der Waals surface area contributed by atoms with E-state index in [0.29, 0.717) is 17.9 Å². The van der Waals surface area contributed by atoms with Crippen LogP contribution in [-0.2, 0) is 16.1 Å². The maximum Gasteiger partial charge on any atom is 0.331 e. The summed E-state index contributed by atoms with van der Waals surface area (Å²) in [4.78, 5) is 27.7. The number of carbonyl (C=O) groups is 2. The Balaban J connectivity index is 1.73. The van der Waals surface area contributed by atoms with Crippen molar-refractivity contribution in [1.82, 2.24) is 4.98 Å². The third kappa shape index (κ3) is 6.79. The van der Waals surface area contributed by atoms with E-state index in [1.54, 1.807) is 23.6 Å². The molecule has 36 heavy (non-hydrogen) atoms. The number of thiazole rings is 1. The van der Waals surface area contributed by atoms with E-state index >= 15 is 4.39 Å². The van der Waals surface area contributed by atoms with E-state index in [1.165, 1.54) is 6.92 Å². The molecule has 190 valence electrons. The van der Waals surface area contributed by atoms with Gasteiger partial charge in [-0.05, 0) is 37.6 Å². The number of carboxylic acid groups (broad SMARTS) is 1. The van der Waals surface area contributed by atoms with Crippen molar-refractivity contribution in [3.63, 3.8) is 0 Å². The average molecular weight is 519 g/mol. The van der Waals surface area contributed by atoms with Crippen LogP contribution in [0.5, 0.6) is 0 Å². The number of hydrogen-bond donors (Lipinski definition) is 2. The Kier molecular flexibility index (Phi) is 9.38. The summed E-state index contributed by atoms with van der Waals surface area (Å²) < 4.78 is 49.3. The van der Waals surface area contributed by atoms with Crippen LogP contribution in [0.2, 0.25) is 0 Å². The summed E-state index contributed by atoms with van der Waals surface area (Å²) in [5.74, 6) is -4.79. The second-order valence-corrected chi connectivity index (χ2v) is 8.87. The van der Waals surface area contributed by atoms with Crippen LogP contribution < -0.4 is 5.32 Å². The Hall–Kier alpha value is -3.50. The molecule has 0 atom stereocenters. The number of halogens is 3. The van der Waals surface area contributed by atoms with Crippen LogP contribution in [0, 0.1) is 17.5 Å².